The lowest BCUT2D eigenvalue weighted by Gasteiger charge is -2.18. The van der Waals surface area contributed by atoms with Crippen molar-refractivity contribution in [2.75, 3.05) is 7.11 Å². The molecule has 1 rings (SSSR count). The van der Waals surface area contributed by atoms with Gasteiger partial charge in [-0.2, -0.15) is 0 Å². The number of aryl methyl sites for hydroxylation is 1. The van der Waals surface area contributed by atoms with Gasteiger partial charge in [0.05, 0.1) is 7.11 Å². The van der Waals surface area contributed by atoms with Crippen LogP contribution in [0.5, 0.6) is 5.75 Å². The first-order valence-electron chi connectivity index (χ1n) is 6.04. The van der Waals surface area contributed by atoms with Gasteiger partial charge in [0.1, 0.15) is 5.75 Å². The highest BCUT2D eigenvalue weighted by atomic mass is 16.5. The van der Waals surface area contributed by atoms with Crippen molar-refractivity contribution in [2.45, 2.75) is 39.0 Å². The largest absolute Gasteiger partial charge is 0.497 e. The van der Waals surface area contributed by atoms with E-state index in [1.54, 1.807) is 7.11 Å². The van der Waals surface area contributed by atoms with Gasteiger partial charge in [0.25, 0.3) is 0 Å². The molecular formula is C15H22O. The molecule has 0 saturated heterocycles. The standard InChI is InChI=1S/C15H22O/c1-5-8-12(6-2)15-10-9-14(16-4)11-13(15)7-3/h5,9-12H,1,6-8H2,2-4H3. The van der Waals surface area contributed by atoms with E-state index < -0.39 is 0 Å². The first-order valence-corrected chi connectivity index (χ1v) is 6.04. The number of ether oxygens (including phenoxy) is 1. The quantitative estimate of drug-likeness (QED) is 0.646. The van der Waals surface area contributed by atoms with Gasteiger partial charge in [0.2, 0.25) is 0 Å². The summed E-state index contributed by atoms with van der Waals surface area (Å²) in [7, 11) is 1.72. The molecule has 88 valence electrons. The molecule has 0 aliphatic heterocycles. The maximum atomic E-state index is 5.26. The molecule has 0 fully saturated rings. The Morgan fingerprint density at radius 3 is 2.62 bits per heavy atom. The van der Waals surface area contributed by atoms with Crippen molar-refractivity contribution in [1.29, 1.82) is 0 Å². The van der Waals surface area contributed by atoms with Gasteiger partial charge < -0.3 is 4.74 Å². The number of allylic oxidation sites excluding steroid dienone is 1. The molecule has 1 heteroatoms. The molecule has 0 aliphatic carbocycles. The van der Waals surface area contributed by atoms with E-state index in [2.05, 4.69) is 38.6 Å². The SMILES string of the molecule is C=CCC(CC)c1ccc(OC)cc1CC. The van der Waals surface area contributed by atoms with Gasteiger partial charge in [-0.1, -0.05) is 26.0 Å². The van der Waals surface area contributed by atoms with Crippen molar-refractivity contribution in [3.05, 3.63) is 42.0 Å². The average molecular weight is 218 g/mol. The molecule has 1 unspecified atom stereocenters. The van der Waals surface area contributed by atoms with Crippen LogP contribution < -0.4 is 4.74 Å². The maximum absolute atomic E-state index is 5.26. The van der Waals surface area contributed by atoms with E-state index in [1.165, 1.54) is 11.1 Å². The van der Waals surface area contributed by atoms with Crippen LogP contribution in [0, 0.1) is 0 Å². The monoisotopic (exact) mass is 218 g/mol. The van der Waals surface area contributed by atoms with E-state index in [9.17, 15) is 0 Å². The van der Waals surface area contributed by atoms with Crippen LogP contribution in [0.3, 0.4) is 0 Å². The van der Waals surface area contributed by atoms with E-state index >= 15 is 0 Å². The molecule has 0 N–H and O–H groups in total. The van der Waals surface area contributed by atoms with E-state index in [0.29, 0.717) is 5.92 Å². The fraction of sp³-hybridized carbons (Fsp3) is 0.467. The lowest BCUT2D eigenvalue weighted by molar-refractivity contribution is 0.414. The number of hydrogen-bond acceptors (Lipinski definition) is 1. The zero-order valence-electron chi connectivity index (χ0n) is 10.6. The van der Waals surface area contributed by atoms with E-state index in [4.69, 9.17) is 4.74 Å². The second-order valence-corrected chi connectivity index (χ2v) is 4.05. The summed E-state index contributed by atoms with van der Waals surface area (Å²) in [6, 6.07) is 6.41. The summed E-state index contributed by atoms with van der Waals surface area (Å²) < 4.78 is 5.26. The lowest BCUT2D eigenvalue weighted by atomic mass is 9.88. The van der Waals surface area contributed by atoms with E-state index in [0.717, 1.165) is 25.0 Å². The minimum Gasteiger partial charge on any atom is -0.497 e. The average Bonchev–Trinajstić information content (AvgIpc) is 2.35. The first-order chi connectivity index (χ1) is 7.76. The van der Waals surface area contributed by atoms with Crippen LogP contribution in [-0.2, 0) is 6.42 Å². The van der Waals surface area contributed by atoms with Crippen molar-refractivity contribution in [3.63, 3.8) is 0 Å². The summed E-state index contributed by atoms with van der Waals surface area (Å²) in [5.41, 5.74) is 2.85. The molecule has 1 atom stereocenters. The van der Waals surface area contributed by atoms with Gasteiger partial charge in [0, 0.05) is 0 Å². The third-order valence-electron chi connectivity index (χ3n) is 3.11. The summed E-state index contributed by atoms with van der Waals surface area (Å²) in [5, 5.41) is 0. The van der Waals surface area contributed by atoms with Crippen molar-refractivity contribution in [2.24, 2.45) is 0 Å². The molecular weight excluding hydrogens is 196 g/mol. The molecule has 1 aromatic carbocycles. The Kier molecular flexibility index (Phi) is 5.10. The number of benzene rings is 1. The van der Waals surface area contributed by atoms with Crippen LogP contribution in [0.1, 0.15) is 43.7 Å². The van der Waals surface area contributed by atoms with Gasteiger partial charge in [-0.3, -0.25) is 0 Å². The Morgan fingerprint density at radius 2 is 2.12 bits per heavy atom. The molecule has 0 spiro atoms. The molecule has 0 radical (unpaired) electrons. The van der Waals surface area contributed by atoms with Crippen molar-refractivity contribution < 1.29 is 4.74 Å². The first kappa shape index (κ1) is 12.8. The van der Waals surface area contributed by atoms with Crippen molar-refractivity contribution in [3.8, 4) is 5.75 Å². The molecule has 1 aromatic rings. The molecule has 0 amide bonds. The van der Waals surface area contributed by atoms with Crippen LogP contribution in [0.25, 0.3) is 0 Å². The Hall–Kier alpha value is -1.24. The zero-order valence-corrected chi connectivity index (χ0v) is 10.6. The summed E-state index contributed by atoms with van der Waals surface area (Å²) >= 11 is 0. The minimum absolute atomic E-state index is 0.596. The molecule has 0 heterocycles. The van der Waals surface area contributed by atoms with E-state index in [-0.39, 0.29) is 0 Å². The molecule has 16 heavy (non-hydrogen) atoms. The maximum Gasteiger partial charge on any atom is 0.119 e. The Balaban J connectivity index is 3.05. The smallest absolute Gasteiger partial charge is 0.119 e. The van der Waals surface area contributed by atoms with Gasteiger partial charge in [0.15, 0.2) is 0 Å². The summed E-state index contributed by atoms with van der Waals surface area (Å²) in [4.78, 5) is 0. The predicted molar refractivity (Wildman–Crippen MR) is 70.2 cm³/mol. The Morgan fingerprint density at radius 1 is 1.38 bits per heavy atom. The van der Waals surface area contributed by atoms with Crippen molar-refractivity contribution in [1.82, 2.24) is 0 Å². The fourth-order valence-electron chi connectivity index (χ4n) is 2.13. The second kappa shape index (κ2) is 6.37. The van der Waals surface area contributed by atoms with Crippen LogP contribution >= 0.6 is 0 Å². The van der Waals surface area contributed by atoms with Gasteiger partial charge in [-0.05, 0) is 48.4 Å². The van der Waals surface area contributed by atoms with Crippen molar-refractivity contribution >= 4 is 0 Å². The fourth-order valence-corrected chi connectivity index (χ4v) is 2.13. The van der Waals surface area contributed by atoms with Gasteiger partial charge in [-0.15, -0.1) is 6.58 Å². The molecule has 0 saturated carbocycles. The molecule has 0 bridgehead atoms. The van der Waals surface area contributed by atoms with Crippen LogP contribution in [0.4, 0.5) is 0 Å². The number of methoxy groups -OCH3 is 1. The molecule has 0 aromatic heterocycles. The molecule has 0 aliphatic rings. The van der Waals surface area contributed by atoms with Gasteiger partial charge >= 0.3 is 0 Å². The second-order valence-electron chi connectivity index (χ2n) is 4.05. The summed E-state index contributed by atoms with van der Waals surface area (Å²) in [5.74, 6) is 1.55. The third-order valence-corrected chi connectivity index (χ3v) is 3.11. The normalized spacial score (nSPS) is 12.2. The minimum atomic E-state index is 0.596. The highest BCUT2D eigenvalue weighted by Crippen LogP contribution is 2.29. The van der Waals surface area contributed by atoms with Crippen LogP contribution in [0.2, 0.25) is 0 Å². The highest BCUT2D eigenvalue weighted by Gasteiger charge is 2.12. The van der Waals surface area contributed by atoms with Gasteiger partial charge in [-0.25, -0.2) is 0 Å². The topological polar surface area (TPSA) is 9.23 Å². The highest BCUT2D eigenvalue weighted by molar-refractivity contribution is 5.38. The Bertz CT molecular complexity index is 341. The molecule has 1 nitrogen and oxygen atoms in total. The zero-order chi connectivity index (χ0) is 12.0. The van der Waals surface area contributed by atoms with E-state index in [1.807, 2.05) is 6.08 Å². The lowest BCUT2D eigenvalue weighted by Crippen LogP contribution is -2.01. The summed E-state index contributed by atoms with van der Waals surface area (Å²) in [6.45, 7) is 8.27. The third kappa shape index (κ3) is 2.88. The van der Waals surface area contributed by atoms with Crippen LogP contribution in [-0.4, -0.2) is 7.11 Å². The Labute approximate surface area is 99.1 Å². The summed E-state index contributed by atoms with van der Waals surface area (Å²) in [6.07, 6.45) is 5.28. The predicted octanol–water partition coefficient (Wildman–Crippen LogP) is 4.33. The number of rotatable bonds is 6. The van der Waals surface area contributed by atoms with Crippen LogP contribution in [0.15, 0.2) is 30.9 Å². The number of hydrogen-bond donors (Lipinski definition) is 0.